The number of piperazine rings is 1. The zero-order valence-electron chi connectivity index (χ0n) is 23.8. The summed E-state index contributed by atoms with van der Waals surface area (Å²) in [6.07, 6.45) is 0.0642. The van der Waals surface area contributed by atoms with Gasteiger partial charge in [0.1, 0.15) is 11.5 Å². The maximum Gasteiger partial charge on any atom is 0.260 e. The molecule has 0 aliphatic carbocycles. The van der Waals surface area contributed by atoms with Crippen molar-refractivity contribution in [2.45, 2.75) is 40.3 Å². The molecule has 1 aliphatic heterocycles. The molecule has 0 unspecified atom stereocenters. The molecule has 4 aromatic rings. The first-order valence-corrected chi connectivity index (χ1v) is 14.4. The van der Waals surface area contributed by atoms with Gasteiger partial charge >= 0.3 is 0 Å². The number of hydrogen-bond donors (Lipinski definition) is 0. The molecule has 1 saturated heterocycles. The number of ether oxygens (including phenoxy) is 2. The van der Waals surface area contributed by atoms with Crippen molar-refractivity contribution in [2.75, 3.05) is 32.8 Å². The van der Waals surface area contributed by atoms with Gasteiger partial charge in [-0.05, 0) is 67.9 Å². The number of nitrogens with zero attached hydrogens (tertiary/aromatic N) is 3. The first kappa shape index (κ1) is 29.4. The molecule has 1 fully saturated rings. The largest absolute Gasteiger partial charge is 0.490 e. The molecule has 0 saturated carbocycles. The molecule has 1 aromatic heterocycles. The number of rotatable bonds is 8. The van der Waals surface area contributed by atoms with Crippen LogP contribution in [0.3, 0.4) is 0 Å². The summed E-state index contributed by atoms with van der Waals surface area (Å²) >= 11 is 5.92. The van der Waals surface area contributed by atoms with Gasteiger partial charge in [0.15, 0.2) is 6.61 Å². The van der Waals surface area contributed by atoms with Crippen LogP contribution in [-0.2, 0) is 11.3 Å². The highest BCUT2D eigenvalue weighted by Crippen LogP contribution is 2.34. The second-order valence-corrected chi connectivity index (χ2v) is 10.2. The Hall–Kier alpha value is -3.61. The summed E-state index contributed by atoms with van der Waals surface area (Å²) in [6.45, 7) is 11.7. The summed E-state index contributed by atoms with van der Waals surface area (Å²) in [5.41, 5.74) is 4.04. The topological polar surface area (TPSA) is 54.9 Å². The first-order chi connectivity index (χ1) is 19.5. The summed E-state index contributed by atoms with van der Waals surface area (Å²) in [7, 11) is 0. The third-order valence-electron chi connectivity index (χ3n) is 6.60. The number of pyridine rings is 1. The summed E-state index contributed by atoms with van der Waals surface area (Å²) in [4.78, 5) is 22.1. The molecule has 6 nitrogen and oxygen atoms in total. The first-order valence-electron chi connectivity index (χ1n) is 14.0. The average molecular weight is 560 g/mol. The lowest BCUT2D eigenvalue weighted by Gasteiger charge is -2.35. The number of para-hydroxylation sites is 2. The molecule has 0 spiro atoms. The fourth-order valence-corrected chi connectivity index (χ4v) is 4.82. The van der Waals surface area contributed by atoms with E-state index in [9.17, 15) is 4.79 Å². The van der Waals surface area contributed by atoms with Crippen LogP contribution in [0.2, 0.25) is 5.02 Å². The third kappa shape index (κ3) is 7.52. The van der Waals surface area contributed by atoms with Crippen LogP contribution in [0.25, 0.3) is 22.2 Å². The van der Waals surface area contributed by atoms with Crippen molar-refractivity contribution in [3.63, 3.8) is 0 Å². The number of carbonyl (C=O) groups excluding carboxylic acids is 1. The Morgan fingerprint density at radius 1 is 0.925 bits per heavy atom. The van der Waals surface area contributed by atoms with Crippen LogP contribution in [-0.4, -0.2) is 59.6 Å². The van der Waals surface area contributed by atoms with Gasteiger partial charge in [-0.25, -0.2) is 4.98 Å². The monoisotopic (exact) mass is 559 g/mol. The highest BCUT2D eigenvalue weighted by atomic mass is 35.5. The fraction of sp³-hybridized carbons (Fsp3) is 0.333. The number of hydrogen-bond acceptors (Lipinski definition) is 5. The van der Waals surface area contributed by atoms with Gasteiger partial charge in [0, 0.05) is 48.7 Å². The number of aromatic nitrogens is 1. The molecule has 7 heteroatoms. The Morgan fingerprint density at radius 3 is 2.33 bits per heavy atom. The van der Waals surface area contributed by atoms with E-state index < -0.39 is 0 Å². The van der Waals surface area contributed by atoms with Crippen LogP contribution in [0.4, 0.5) is 0 Å². The molecule has 0 N–H and O–H groups in total. The number of halogens is 1. The van der Waals surface area contributed by atoms with Crippen LogP contribution in [0.5, 0.6) is 11.5 Å². The van der Waals surface area contributed by atoms with Crippen molar-refractivity contribution >= 4 is 28.4 Å². The second kappa shape index (κ2) is 14.1. The Bertz CT molecular complexity index is 1400. The van der Waals surface area contributed by atoms with E-state index in [2.05, 4.69) is 23.1 Å². The highest BCUT2D eigenvalue weighted by molar-refractivity contribution is 6.30. The van der Waals surface area contributed by atoms with Gasteiger partial charge in [-0.1, -0.05) is 55.8 Å². The Kier molecular flexibility index (Phi) is 10.4. The highest BCUT2D eigenvalue weighted by Gasteiger charge is 2.23. The summed E-state index contributed by atoms with van der Waals surface area (Å²) in [5, 5.41) is 1.75. The summed E-state index contributed by atoms with van der Waals surface area (Å²) < 4.78 is 11.8. The molecule has 0 radical (unpaired) electrons. The molecule has 0 bridgehead atoms. The maximum absolute atomic E-state index is 12.7. The van der Waals surface area contributed by atoms with Crippen molar-refractivity contribution in [3.05, 3.63) is 89.4 Å². The van der Waals surface area contributed by atoms with Gasteiger partial charge < -0.3 is 14.4 Å². The number of amides is 1. The summed E-state index contributed by atoms with van der Waals surface area (Å²) in [6, 6.07) is 25.6. The quantitative estimate of drug-likeness (QED) is 0.231. The number of fused-ring (bicyclic) bond motifs is 1. The zero-order valence-corrected chi connectivity index (χ0v) is 24.5. The Morgan fingerprint density at radius 2 is 1.60 bits per heavy atom. The molecule has 3 aromatic carbocycles. The average Bonchev–Trinajstić information content (AvgIpc) is 2.98. The SMILES string of the molecule is CC.CC(C)Oc1ccccc1-c1nc2ccccc2cc1CN1CCN(C(=O)COc2ccc(Cl)cc2)CC1. The van der Waals surface area contributed by atoms with E-state index in [1.54, 1.807) is 24.3 Å². The molecular weight excluding hydrogens is 522 g/mol. The van der Waals surface area contributed by atoms with Crippen LogP contribution in [0, 0.1) is 0 Å². The number of carbonyl (C=O) groups is 1. The fourth-order valence-electron chi connectivity index (χ4n) is 4.70. The minimum Gasteiger partial charge on any atom is -0.490 e. The lowest BCUT2D eigenvalue weighted by molar-refractivity contribution is -0.135. The van der Waals surface area contributed by atoms with E-state index in [1.807, 2.05) is 69.0 Å². The van der Waals surface area contributed by atoms with Crippen molar-refractivity contribution in [2.24, 2.45) is 0 Å². The van der Waals surface area contributed by atoms with Crippen LogP contribution >= 0.6 is 11.6 Å². The lowest BCUT2D eigenvalue weighted by Crippen LogP contribution is -2.49. The Balaban J connectivity index is 0.00000181. The summed E-state index contributed by atoms with van der Waals surface area (Å²) in [5.74, 6) is 1.47. The maximum atomic E-state index is 12.7. The van der Waals surface area contributed by atoms with E-state index in [-0.39, 0.29) is 18.6 Å². The van der Waals surface area contributed by atoms with E-state index in [1.165, 1.54) is 0 Å². The molecule has 5 rings (SSSR count). The normalized spacial score (nSPS) is 13.6. The van der Waals surface area contributed by atoms with Gasteiger partial charge in [-0.15, -0.1) is 0 Å². The molecule has 2 heterocycles. The van der Waals surface area contributed by atoms with Crippen LogP contribution in [0.15, 0.2) is 78.9 Å². The van der Waals surface area contributed by atoms with Gasteiger partial charge in [0.05, 0.1) is 17.3 Å². The molecule has 1 aliphatic rings. The van der Waals surface area contributed by atoms with Crippen molar-refractivity contribution in [1.29, 1.82) is 0 Å². The second-order valence-electron chi connectivity index (χ2n) is 9.75. The molecule has 0 atom stereocenters. The lowest BCUT2D eigenvalue weighted by atomic mass is 10.0. The molecule has 40 heavy (non-hydrogen) atoms. The van der Waals surface area contributed by atoms with E-state index in [0.29, 0.717) is 23.9 Å². The van der Waals surface area contributed by atoms with Crippen molar-refractivity contribution in [1.82, 2.24) is 14.8 Å². The van der Waals surface area contributed by atoms with E-state index in [4.69, 9.17) is 26.1 Å². The van der Waals surface area contributed by atoms with Gasteiger partial charge in [0.25, 0.3) is 5.91 Å². The van der Waals surface area contributed by atoms with Gasteiger partial charge in [0.2, 0.25) is 0 Å². The molecule has 1 amide bonds. The van der Waals surface area contributed by atoms with E-state index >= 15 is 0 Å². The smallest absolute Gasteiger partial charge is 0.260 e. The van der Waals surface area contributed by atoms with Crippen molar-refractivity contribution in [3.8, 4) is 22.8 Å². The van der Waals surface area contributed by atoms with Gasteiger partial charge in [-0.2, -0.15) is 0 Å². The Labute approximate surface area is 242 Å². The standard InChI is InChI=1S/C31H32ClN3O3.C2H6/c1-22(2)38-29-10-6-4-8-27(29)31-24(19-23-7-3-5-9-28(23)33-31)20-34-15-17-35(18-16-34)30(36)21-37-26-13-11-25(32)12-14-26;1-2/h3-14,19,22H,15-18,20-21H2,1-2H3;1-2H3. The predicted molar refractivity (Wildman–Crippen MR) is 163 cm³/mol. The molecule has 210 valence electrons. The molecular formula is C33H38ClN3O3. The number of benzene rings is 3. The van der Waals surface area contributed by atoms with E-state index in [0.717, 1.165) is 53.1 Å². The minimum atomic E-state index is -0.00702. The van der Waals surface area contributed by atoms with Crippen LogP contribution < -0.4 is 9.47 Å². The zero-order chi connectivity index (χ0) is 28.5. The van der Waals surface area contributed by atoms with Crippen molar-refractivity contribution < 1.29 is 14.3 Å². The predicted octanol–water partition coefficient (Wildman–Crippen LogP) is 7.09. The van der Waals surface area contributed by atoms with Gasteiger partial charge in [-0.3, -0.25) is 9.69 Å². The third-order valence-corrected chi connectivity index (χ3v) is 6.85. The van der Waals surface area contributed by atoms with Crippen LogP contribution in [0.1, 0.15) is 33.3 Å². The minimum absolute atomic E-state index is 0.00702.